The normalized spacial score (nSPS) is 25.1. The fraction of sp³-hybridized carbons (Fsp3) is 0.895. The Morgan fingerprint density at radius 1 is 1.19 bits per heavy atom. The van der Waals surface area contributed by atoms with E-state index in [-0.39, 0.29) is 35.9 Å². The van der Waals surface area contributed by atoms with Gasteiger partial charge in [-0.3, -0.25) is 9.79 Å². The molecule has 0 aliphatic carbocycles. The molecule has 0 aromatic heterocycles. The molecule has 0 aromatic rings. The van der Waals surface area contributed by atoms with Gasteiger partial charge in [-0.2, -0.15) is 0 Å². The third-order valence-corrected chi connectivity index (χ3v) is 5.69. The van der Waals surface area contributed by atoms with Crippen molar-refractivity contribution >= 4 is 35.9 Å². The Kier molecular flexibility index (Phi) is 10.8. The van der Waals surface area contributed by atoms with Crippen LogP contribution in [0.25, 0.3) is 0 Å². The number of halogens is 1. The molecule has 2 atom stereocenters. The first-order valence-electron chi connectivity index (χ1n) is 9.81. The fourth-order valence-electron chi connectivity index (χ4n) is 3.88. The zero-order valence-electron chi connectivity index (χ0n) is 16.9. The topological polar surface area (TPSA) is 57.2 Å². The molecule has 6 nitrogen and oxygen atoms in total. The summed E-state index contributed by atoms with van der Waals surface area (Å²) in [4.78, 5) is 21.0. The van der Waals surface area contributed by atoms with Gasteiger partial charge >= 0.3 is 5.97 Å². The predicted molar refractivity (Wildman–Crippen MR) is 117 cm³/mol. The number of ether oxygens (including phenoxy) is 1. The monoisotopic (exact) mass is 480 g/mol. The molecule has 2 fully saturated rings. The number of methoxy groups -OCH3 is 1. The van der Waals surface area contributed by atoms with E-state index in [0.29, 0.717) is 12.5 Å². The molecule has 0 saturated carbocycles. The molecule has 7 heteroatoms. The second kappa shape index (κ2) is 12.0. The fourth-order valence-corrected chi connectivity index (χ4v) is 3.88. The lowest BCUT2D eigenvalue weighted by molar-refractivity contribution is -0.145. The summed E-state index contributed by atoms with van der Waals surface area (Å²) in [5, 5.41) is 3.46. The van der Waals surface area contributed by atoms with Gasteiger partial charge in [0.1, 0.15) is 0 Å². The molecule has 0 aromatic carbocycles. The molecule has 2 saturated heterocycles. The number of unbranched alkanes of at least 4 members (excludes halogenated alkanes) is 1. The minimum Gasteiger partial charge on any atom is -0.469 e. The van der Waals surface area contributed by atoms with Crippen LogP contribution in [0.3, 0.4) is 0 Å². The van der Waals surface area contributed by atoms with Crippen LogP contribution < -0.4 is 5.32 Å². The Hall–Kier alpha value is -0.570. The Bertz CT molecular complexity index is 453. The summed E-state index contributed by atoms with van der Waals surface area (Å²) < 4.78 is 4.91. The van der Waals surface area contributed by atoms with Gasteiger partial charge in [0.25, 0.3) is 0 Å². The van der Waals surface area contributed by atoms with Crippen molar-refractivity contribution in [3.8, 4) is 0 Å². The van der Waals surface area contributed by atoms with Gasteiger partial charge < -0.3 is 19.9 Å². The SMILES string of the molecule is CN=C(NCCCCN1CCC(C)CC1)N1CC(C)C(C(=O)OC)C1.I. The van der Waals surface area contributed by atoms with E-state index in [1.165, 1.54) is 46.0 Å². The number of guanidine groups is 1. The van der Waals surface area contributed by atoms with Crippen LogP contribution in [0, 0.1) is 17.8 Å². The summed E-state index contributed by atoms with van der Waals surface area (Å²) in [6.45, 7) is 10.7. The lowest BCUT2D eigenvalue weighted by atomic mass is 9.99. The molecular formula is C19H37IN4O2. The van der Waals surface area contributed by atoms with Crippen molar-refractivity contribution in [2.45, 2.75) is 39.5 Å². The van der Waals surface area contributed by atoms with Gasteiger partial charge in [0.2, 0.25) is 0 Å². The lowest BCUT2D eigenvalue weighted by Crippen LogP contribution is -2.41. The van der Waals surface area contributed by atoms with E-state index in [1.807, 2.05) is 7.05 Å². The highest BCUT2D eigenvalue weighted by Crippen LogP contribution is 2.24. The zero-order chi connectivity index (χ0) is 18.2. The summed E-state index contributed by atoms with van der Waals surface area (Å²) in [5.41, 5.74) is 0. The van der Waals surface area contributed by atoms with Gasteiger partial charge in [0, 0.05) is 26.7 Å². The molecule has 152 valence electrons. The number of hydrogen-bond donors (Lipinski definition) is 1. The molecule has 1 N–H and O–H groups in total. The molecule has 0 amide bonds. The number of nitrogens with zero attached hydrogens (tertiary/aromatic N) is 3. The third-order valence-electron chi connectivity index (χ3n) is 5.69. The highest BCUT2D eigenvalue weighted by molar-refractivity contribution is 14.0. The van der Waals surface area contributed by atoms with E-state index < -0.39 is 0 Å². The molecule has 2 rings (SSSR count). The van der Waals surface area contributed by atoms with Crippen LogP contribution in [0.5, 0.6) is 0 Å². The van der Waals surface area contributed by atoms with E-state index >= 15 is 0 Å². The van der Waals surface area contributed by atoms with Gasteiger partial charge in [-0.1, -0.05) is 13.8 Å². The summed E-state index contributed by atoms with van der Waals surface area (Å²) in [5.74, 6) is 1.95. The third kappa shape index (κ3) is 6.87. The van der Waals surface area contributed by atoms with E-state index in [0.717, 1.165) is 31.4 Å². The molecule has 2 heterocycles. The smallest absolute Gasteiger partial charge is 0.310 e. The highest BCUT2D eigenvalue weighted by atomic mass is 127. The zero-order valence-corrected chi connectivity index (χ0v) is 19.2. The van der Waals surface area contributed by atoms with Crippen molar-refractivity contribution in [2.75, 3.05) is 53.4 Å². The molecule has 0 spiro atoms. The number of esters is 1. The first-order valence-corrected chi connectivity index (χ1v) is 9.81. The Labute approximate surface area is 176 Å². The number of rotatable bonds is 6. The van der Waals surface area contributed by atoms with Crippen LogP contribution >= 0.6 is 24.0 Å². The van der Waals surface area contributed by atoms with E-state index in [9.17, 15) is 4.79 Å². The van der Waals surface area contributed by atoms with Crippen LogP contribution in [-0.4, -0.2) is 75.2 Å². The van der Waals surface area contributed by atoms with E-state index in [2.05, 4.69) is 34.0 Å². The highest BCUT2D eigenvalue weighted by Gasteiger charge is 2.36. The molecule has 0 radical (unpaired) electrons. The van der Waals surface area contributed by atoms with Crippen LogP contribution in [-0.2, 0) is 9.53 Å². The molecule has 2 aliphatic heterocycles. The maximum Gasteiger partial charge on any atom is 0.310 e. The van der Waals surface area contributed by atoms with Crippen molar-refractivity contribution in [3.05, 3.63) is 0 Å². The van der Waals surface area contributed by atoms with Crippen LogP contribution in [0.2, 0.25) is 0 Å². The minimum absolute atomic E-state index is 0. The second-order valence-corrected chi connectivity index (χ2v) is 7.72. The average molecular weight is 480 g/mol. The number of carbonyl (C=O) groups is 1. The number of hydrogen-bond acceptors (Lipinski definition) is 4. The minimum atomic E-state index is -0.110. The molecule has 2 unspecified atom stereocenters. The summed E-state index contributed by atoms with van der Waals surface area (Å²) in [6, 6.07) is 0. The van der Waals surface area contributed by atoms with E-state index in [4.69, 9.17) is 4.74 Å². The van der Waals surface area contributed by atoms with Gasteiger partial charge in [-0.05, 0) is 57.2 Å². The maximum absolute atomic E-state index is 11.8. The largest absolute Gasteiger partial charge is 0.469 e. The second-order valence-electron chi connectivity index (χ2n) is 7.72. The number of likely N-dealkylation sites (tertiary alicyclic amines) is 2. The van der Waals surface area contributed by atoms with Crippen molar-refractivity contribution in [1.82, 2.24) is 15.1 Å². The van der Waals surface area contributed by atoms with Crippen LogP contribution in [0.1, 0.15) is 39.5 Å². The number of aliphatic imine (C=N–C) groups is 1. The maximum atomic E-state index is 11.8. The van der Waals surface area contributed by atoms with Gasteiger partial charge in [0.15, 0.2) is 5.96 Å². The Morgan fingerprint density at radius 3 is 2.50 bits per heavy atom. The quantitative estimate of drug-likeness (QED) is 0.208. The first kappa shape index (κ1) is 23.5. The predicted octanol–water partition coefficient (Wildman–Crippen LogP) is 2.43. The summed E-state index contributed by atoms with van der Waals surface area (Å²) in [7, 11) is 3.28. The Balaban J connectivity index is 0.00000338. The molecule has 26 heavy (non-hydrogen) atoms. The number of piperidine rings is 1. The average Bonchev–Trinajstić information content (AvgIpc) is 3.00. The Morgan fingerprint density at radius 2 is 1.88 bits per heavy atom. The van der Waals surface area contributed by atoms with Gasteiger partial charge in [-0.25, -0.2) is 0 Å². The number of carbonyl (C=O) groups excluding carboxylic acids is 1. The lowest BCUT2D eigenvalue weighted by Gasteiger charge is -2.30. The van der Waals surface area contributed by atoms with Gasteiger partial charge in [0.05, 0.1) is 13.0 Å². The van der Waals surface area contributed by atoms with Crippen LogP contribution in [0.4, 0.5) is 0 Å². The van der Waals surface area contributed by atoms with Crippen molar-refractivity contribution in [1.29, 1.82) is 0 Å². The molecular weight excluding hydrogens is 443 g/mol. The van der Waals surface area contributed by atoms with Crippen molar-refractivity contribution in [3.63, 3.8) is 0 Å². The molecule has 0 bridgehead atoms. The van der Waals surface area contributed by atoms with Crippen molar-refractivity contribution < 1.29 is 9.53 Å². The van der Waals surface area contributed by atoms with Crippen molar-refractivity contribution in [2.24, 2.45) is 22.7 Å². The summed E-state index contributed by atoms with van der Waals surface area (Å²) in [6.07, 6.45) is 5.06. The standard InChI is InChI=1S/C19H36N4O2.HI/c1-15-7-11-22(12-8-15)10-6-5-9-21-19(20-3)23-13-16(2)17(14-23)18(24)25-4;/h15-17H,5-14H2,1-4H3,(H,20,21);1H. The van der Waals surface area contributed by atoms with E-state index in [1.54, 1.807) is 0 Å². The number of nitrogens with one attached hydrogen (secondary N) is 1. The molecule has 2 aliphatic rings. The van der Waals surface area contributed by atoms with Crippen LogP contribution in [0.15, 0.2) is 4.99 Å². The van der Waals surface area contributed by atoms with Gasteiger partial charge in [-0.15, -0.1) is 24.0 Å². The first-order chi connectivity index (χ1) is 12.0. The summed E-state index contributed by atoms with van der Waals surface area (Å²) >= 11 is 0.